The molecule has 2 N–H and O–H groups in total. The van der Waals surface area contributed by atoms with Crippen molar-refractivity contribution in [3.63, 3.8) is 0 Å². The number of amides is 1. The van der Waals surface area contributed by atoms with Crippen molar-refractivity contribution in [1.29, 1.82) is 0 Å². The number of unbranched alkanes of at least 4 members (excludes halogenated alkanes) is 2. The van der Waals surface area contributed by atoms with Crippen LogP contribution >= 0.6 is 0 Å². The van der Waals surface area contributed by atoms with Gasteiger partial charge in [-0.05, 0) is 35.5 Å². The minimum absolute atomic E-state index is 0.0722. The Hall–Kier alpha value is -2.14. The van der Waals surface area contributed by atoms with Crippen LogP contribution in [0.4, 0.5) is 21.0 Å². The molecule has 2 saturated heterocycles. The highest BCUT2D eigenvalue weighted by Gasteiger charge is 2.71. The minimum Gasteiger partial charge on any atom is -0.449 e. The summed E-state index contributed by atoms with van der Waals surface area (Å²) >= 11 is 0. The molecule has 0 aliphatic carbocycles. The lowest BCUT2D eigenvalue weighted by molar-refractivity contribution is -0.0567. The molecule has 0 spiro atoms. The normalized spacial score (nSPS) is 26.5. The Kier molecular flexibility index (Phi) is 10.2. The first-order valence-corrected chi connectivity index (χ1v) is 20.3. The van der Waals surface area contributed by atoms with Gasteiger partial charge >= 0.3 is 14.7 Å². The number of hydrogen-bond acceptors (Lipinski definition) is 9. The number of halogens is 1. The SMILES string of the molecule is CCCCCOC(=O)N(C)c1nc(N)nc2c1ncn2[C@@H]1O[C@@H]2CO[Si](C(C)C)(C(C)C)O[Si](C(C)C)(C(C)C)[C@H]2[C@@]1(C)F. The molecule has 4 heterocycles. The van der Waals surface area contributed by atoms with Crippen molar-refractivity contribution in [2.75, 3.05) is 30.9 Å². The lowest BCUT2D eigenvalue weighted by atomic mass is 10.0. The Morgan fingerprint density at radius 1 is 1.14 bits per heavy atom. The first-order valence-electron chi connectivity index (χ1n) is 16.1. The van der Waals surface area contributed by atoms with E-state index < -0.39 is 46.5 Å². The zero-order valence-electron chi connectivity index (χ0n) is 28.4. The fourth-order valence-corrected chi connectivity index (χ4v) is 21.3. The zero-order valence-corrected chi connectivity index (χ0v) is 30.4. The van der Waals surface area contributed by atoms with Crippen LogP contribution in [0.2, 0.25) is 27.7 Å². The summed E-state index contributed by atoms with van der Waals surface area (Å²) in [7, 11) is -4.14. The van der Waals surface area contributed by atoms with Gasteiger partial charge in [-0.3, -0.25) is 9.47 Å². The molecule has 0 bridgehead atoms. The maximum absolute atomic E-state index is 17.8. The summed E-state index contributed by atoms with van der Waals surface area (Å²) < 4.78 is 45.8. The molecule has 11 nitrogen and oxygen atoms in total. The third kappa shape index (κ3) is 5.69. The van der Waals surface area contributed by atoms with Crippen LogP contribution in [0, 0.1) is 0 Å². The van der Waals surface area contributed by atoms with Gasteiger partial charge in [0.2, 0.25) is 5.95 Å². The summed E-state index contributed by atoms with van der Waals surface area (Å²) in [6.45, 7) is 21.6. The van der Waals surface area contributed by atoms with E-state index in [0.717, 1.165) is 19.3 Å². The first kappa shape index (κ1) is 34.7. The number of rotatable bonds is 10. The topological polar surface area (TPSA) is 127 Å². The molecule has 2 aliphatic rings. The van der Waals surface area contributed by atoms with Gasteiger partial charge in [0.05, 0.1) is 25.6 Å². The molecule has 4 atom stereocenters. The number of nitrogen functional groups attached to an aromatic ring is 1. The highest BCUT2D eigenvalue weighted by atomic mass is 28.4. The van der Waals surface area contributed by atoms with Crippen LogP contribution in [-0.4, -0.2) is 74.5 Å². The van der Waals surface area contributed by atoms with E-state index in [1.54, 1.807) is 18.5 Å². The highest BCUT2D eigenvalue weighted by molar-refractivity contribution is 6.88. The Morgan fingerprint density at radius 2 is 1.77 bits per heavy atom. The van der Waals surface area contributed by atoms with Crippen LogP contribution < -0.4 is 10.6 Å². The Bertz CT molecular complexity index is 1310. The second-order valence-electron chi connectivity index (χ2n) is 13.9. The van der Waals surface area contributed by atoms with E-state index >= 15 is 4.39 Å². The van der Waals surface area contributed by atoms with Crippen molar-refractivity contribution in [2.45, 2.75) is 134 Å². The molecule has 0 saturated carbocycles. The fourth-order valence-electron chi connectivity index (χ4n) is 7.56. The van der Waals surface area contributed by atoms with Gasteiger partial charge in [-0.15, -0.1) is 0 Å². The van der Waals surface area contributed by atoms with Crippen molar-refractivity contribution in [3.8, 4) is 0 Å². The standard InChI is InChI=1S/C30H53FN6O5Si2/c1-12-13-14-15-39-29(38)36(11)25-23-26(35-28(32)34-25)37(17-33-23)27-30(10,31)24-22(41-27)16-40-44(20(6)7,21(8)9)42-43(24,18(2)3)19(4)5/h17-22,24,27H,12-16H2,1-11H3,(H2,32,34,35)/t22-,24-,27-,30-/m1/s1. The summed E-state index contributed by atoms with van der Waals surface area (Å²) in [4.78, 5) is 27.4. The van der Waals surface area contributed by atoms with Gasteiger partial charge in [-0.25, -0.2) is 14.2 Å². The van der Waals surface area contributed by atoms with E-state index in [1.807, 2.05) is 0 Å². The van der Waals surface area contributed by atoms with Crippen LogP contribution in [0.25, 0.3) is 11.2 Å². The summed E-state index contributed by atoms with van der Waals surface area (Å²) in [5, 5.41) is 0. The van der Waals surface area contributed by atoms with Gasteiger partial charge in [-0.1, -0.05) is 75.2 Å². The predicted molar refractivity (Wildman–Crippen MR) is 175 cm³/mol. The molecule has 14 heteroatoms. The van der Waals surface area contributed by atoms with Gasteiger partial charge in [0.1, 0.15) is 0 Å². The number of nitrogens with two attached hydrogens (primary N) is 1. The number of carbonyl (C=O) groups excluding carboxylic acids is 1. The summed E-state index contributed by atoms with van der Waals surface area (Å²) in [6, 6.07) is 0. The largest absolute Gasteiger partial charge is 0.449 e. The van der Waals surface area contributed by atoms with E-state index in [-0.39, 0.29) is 46.2 Å². The average Bonchev–Trinajstić information content (AvgIpc) is 3.40. The number of carbonyl (C=O) groups is 1. The monoisotopic (exact) mass is 652 g/mol. The van der Waals surface area contributed by atoms with Crippen molar-refractivity contribution < 1.29 is 27.2 Å². The van der Waals surface area contributed by atoms with Gasteiger partial charge in [0.15, 0.2) is 37.2 Å². The number of nitrogens with zero attached hydrogens (tertiary/aromatic N) is 5. The second-order valence-corrected chi connectivity index (χ2v) is 23.4. The van der Waals surface area contributed by atoms with Gasteiger partial charge in [0, 0.05) is 12.6 Å². The smallest absolute Gasteiger partial charge is 0.415 e. The number of fused-ring (bicyclic) bond motifs is 2. The molecule has 2 fully saturated rings. The van der Waals surface area contributed by atoms with Crippen molar-refractivity contribution in [2.24, 2.45) is 0 Å². The Morgan fingerprint density at radius 3 is 2.34 bits per heavy atom. The van der Waals surface area contributed by atoms with E-state index in [1.165, 1.54) is 11.2 Å². The zero-order chi connectivity index (χ0) is 32.8. The maximum Gasteiger partial charge on any atom is 0.415 e. The molecular weight excluding hydrogens is 600 g/mol. The Labute approximate surface area is 263 Å². The van der Waals surface area contributed by atoms with Gasteiger partial charge < -0.3 is 23.7 Å². The average molecular weight is 653 g/mol. The van der Waals surface area contributed by atoms with Crippen molar-refractivity contribution in [3.05, 3.63) is 6.33 Å². The highest BCUT2D eigenvalue weighted by Crippen LogP contribution is 2.62. The van der Waals surface area contributed by atoms with Crippen molar-refractivity contribution in [1.82, 2.24) is 19.5 Å². The van der Waals surface area contributed by atoms with Crippen LogP contribution in [0.5, 0.6) is 0 Å². The van der Waals surface area contributed by atoms with E-state index in [4.69, 9.17) is 23.7 Å². The van der Waals surface area contributed by atoms with Gasteiger partial charge in [-0.2, -0.15) is 9.97 Å². The molecule has 0 aromatic carbocycles. The molecule has 1 amide bonds. The molecular formula is C30H53FN6O5Si2. The second kappa shape index (κ2) is 12.9. The summed E-state index contributed by atoms with van der Waals surface area (Å²) in [6.07, 6.45) is 2.07. The lowest BCUT2D eigenvalue weighted by Crippen LogP contribution is -2.62. The molecule has 248 valence electrons. The van der Waals surface area contributed by atoms with Crippen LogP contribution in [-0.2, 0) is 18.0 Å². The number of hydrogen-bond donors (Lipinski definition) is 1. The molecule has 0 unspecified atom stereocenters. The molecule has 2 aromatic rings. The summed E-state index contributed by atoms with van der Waals surface area (Å²) in [5.41, 5.74) is 4.96. The van der Waals surface area contributed by atoms with Crippen LogP contribution in [0.3, 0.4) is 0 Å². The molecule has 2 aliphatic heterocycles. The number of anilines is 2. The number of alkyl halides is 1. The Balaban J connectivity index is 1.78. The third-order valence-electron chi connectivity index (χ3n) is 9.71. The first-order chi connectivity index (χ1) is 20.6. The predicted octanol–water partition coefficient (Wildman–Crippen LogP) is 7.24. The van der Waals surface area contributed by atoms with E-state index in [9.17, 15) is 4.79 Å². The van der Waals surface area contributed by atoms with Crippen LogP contribution in [0.15, 0.2) is 6.33 Å². The number of aromatic nitrogens is 4. The maximum atomic E-state index is 17.8. The number of imidazole rings is 1. The molecule has 4 rings (SSSR count). The number of ether oxygens (including phenoxy) is 2. The lowest BCUT2D eigenvalue weighted by Gasteiger charge is -2.51. The third-order valence-corrected chi connectivity index (χ3v) is 21.8. The fraction of sp³-hybridized carbons (Fsp3) is 0.800. The van der Waals surface area contributed by atoms with E-state index in [2.05, 4.69) is 77.3 Å². The van der Waals surface area contributed by atoms with Crippen molar-refractivity contribution >= 4 is 45.9 Å². The molecule has 44 heavy (non-hydrogen) atoms. The molecule has 2 aromatic heterocycles. The quantitative estimate of drug-likeness (QED) is 0.209. The van der Waals surface area contributed by atoms with Gasteiger partial charge in [0.25, 0.3) is 0 Å². The van der Waals surface area contributed by atoms with Crippen LogP contribution in [0.1, 0.15) is 94.7 Å². The summed E-state index contributed by atoms with van der Waals surface area (Å²) in [5.74, 6) is 0.112. The van der Waals surface area contributed by atoms with E-state index in [0.29, 0.717) is 12.1 Å². The minimum atomic E-state index is -2.93. The molecule has 0 radical (unpaired) electrons.